The molecule has 98 valence electrons. The topological polar surface area (TPSA) is 22.1 Å². The molecule has 0 radical (unpaired) electrons. The van der Waals surface area contributed by atoms with Crippen molar-refractivity contribution in [2.75, 3.05) is 13.2 Å². The van der Waals surface area contributed by atoms with Crippen molar-refractivity contribution in [2.24, 2.45) is 0 Å². The zero-order chi connectivity index (χ0) is 12.3. The smallest absolute Gasteiger partial charge is 0.0951 e. The summed E-state index contributed by atoms with van der Waals surface area (Å²) in [5.41, 5.74) is 0.978. The predicted octanol–water partition coefficient (Wildman–Crippen LogP) is 4.41. The van der Waals surface area contributed by atoms with Gasteiger partial charge in [-0.3, -0.25) is 0 Å². The highest BCUT2D eigenvalue weighted by atomic mass is 35.5. The first-order valence-electron chi connectivity index (χ1n) is 6.43. The summed E-state index contributed by atoms with van der Waals surface area (Å²) < 4.78 is 5.59. The van der Waals surface area contributed by atoms with Gasteiger partial charge in [-0.05, 0) is 6.42 Å². The second-order valence-corrected chi connectivity index (χ2v) is 5.35. The lowest BCUT2D eigenvalue weighted by Gasteiger charge is -2.02. The first-order valence-corrected chi connectivity index (χ1v) is 7.85. The summed E-state index contributed by atoms with van der Waals surface area (Å²) in [5, 5.41) is 3.15. The Kier molecular flexibility index (Phi) is 8.67. The summed E-state index contributed by atoms with van der Waals surface area (Å²) in [5.74, 6) is 0.509. The summed E-state index contributed by atoms with van der Waals surface area (Å²) in [6, 6.07) is 0. The number of ether oxygens (including phenoxy) is 1. The summed E-state index contributed by atoms with van der Waals surface area (Å²) in [6.07, 6.45) is 7.38. The van der Waals surface area contributed by atoms with E-state index >= 15 is 0 Å². The van der Waals surface area contributed by atoms with E-state index in [1.807, 2.05) is 5.38 Å². The number of hydrogen-bond acceptors (Lipinski definition) is 3. The van der Waals surface area contributed by atoms with Crippen LogP contribution >= 0.6 is 22.9 Å². The first kappa shape index (κ1) is 14.9. The fourth-order valence-electron chi connectivity index (χ4n) is 1.59. The van der Waals surface area contributed by atoms with Gasteiger partial charge in [0.1, 0.15) is 0 Å². The molecule has 2 nitrogen and oxygen atoms in total. The molecule has 4 heteroatoms. The largest absolute Gasteiger partial charge is 0.381 e. The maximum Gasteiger partial charge on any atom is 0.0951 e. The van der Waals surface area contributed by atoms with E-state index in [1.54, 1.807) is 11.3 Å². The molecule has 0 atom stereocenters. The van der Waals surface area contributed by atoms with Gasteiger partial charge in [-0.1, -0.05) is 32.6 Å². The highest BCUT2D eigenvalue weighted by Crippen LogP contribution is 2.12. The molecule has 0 unspecified atom stereocenters. The first-order chi connectivity index (χ1) is 8.36. The zero-order valence-corrected chi connectivity index (χ0v) is 12.2. The van der Waals surface area contributed by atoms with Gasteiger partial charge in [0.2, 0.25) is 0 Å². The van der Waals surface area contributed by atoms with Crippen molar-refractivity contribution in [1.29, 1.82) is 0 Å². The molecule has 1 heterocycles. The lowest BCUT2D eigenvalue weighted by atomic mass is 10.2. The number of unbranched alkanes of at least 4 members (excludes halogenated alkanes) is 4. The fourth-order valence-corrected chi connectivity index (χ4v) is 2.60. The van der Waals surface area contributed by atoms with Crippen molar-refractivity contribution in [3.8, 4) is 0 Å². The molecule has 1 rings (SSSR count). The maximum atomic E-state index is 5.70. The molecule has 17 heavy (non-hydrogen) atoms. The molecule has 0 bridgehead atoms. The average molecular weight is 276 g/mol. The van der Waals surface area contributed by atoms with Gasteiger partial charge in [0.05, 0.1) is 23.2 Å². The molecule has 0 amide bonds. The predicted molar refractivity (Wildman–Crippen MR) is 75.0 cm³/mol. The number of nitrogens with zero attached hydrogens (tertiary/aromatic N) is 1. The Bertz CT molecular complexity index is 291. The highest BCUT2D eigenvalue weighted by Gasteiger charge is 2.00. The molecular formula is C13H22ClNOS. The molecule has 0 saturated heterocycles. The fraction of sp³-hybridized carbons (Fsp3) is 0.769. The second kappa shape index (κ2) is 9.86. The number of rotatable bonds is 10. The molecule has 0 aliphatic heterocycles. The van der Waals surface area contributed by atoms with E-state index in [4.69, 9.17) is 16.3 Å². The minimum absolute atomic E-state index is 0.509. The summed E-state index contributed by atoms with van der Waals surface area (Å²) >= 11 is 7.37. The van der Waals surface area contributed by atoms with E-state index in [2.05, 4.69) is 11.9 Å². The molecule has 0 spiro atoms. The van der Waals surface area contributed by atoms with Gasteiger partial charge >= 0.3 is 0 Å². The lowest BCUT2D eigenvalue weighted by molar-refractivity contribution is 0.132. The third-order valence-corrected chi connectivity index (χ3v) is 3.82. The number of halogens is 1. The van der Waals surface area contributed by atoms with Crippen molar-refractivity contribution in [3.05, 3.63) is 16.1 Å². The minimum atomic E-state index is 0.509. The Hall–Kier alpha value is -0.120. The minimum Gasteiger partial charge on any atom is -0.381 e. The van der Waals surface area contributed by atoms with Crippen molar-refractivity contribution < 1.29 is 4.74 Å². The van der Waals surface area contributed by atoms with Crippen LogP contribution in [0.25, 0.3) is 0 Å². The molecule has 0 fully saturated rings. The molecule has 0 saturated carbocycles. The van der Waals surface area contributed by atoms with Gasteiger partial charge in [0.15, 0.2) is 0 Å². The Morgan fingerprint density at radius 3 is 2.76 bits per heavy atom. The number of aromatic nitrogens is 1. The summed E-state index contributed by atoms with van der Waals surface area (Å²) in [7, 11) is 0. The Labute approximate surface area is 113 Å². The van der Waals surface area contributed by atoms with Gasteiger partial charge in [-0.15, -0.1) is 22.9 Å². The van der Waals surface area contributed by atoms with Crippen LogP contribution in [0, 0.1) is 0 Å². The second-order valence-electron chi connectivity index (χ2n) is 4.14. The Morgan fingerprint density at radius 2 is 2.06 bits per heavy atom. The number of thiazole rings is 1. The Morgan fingerprint density at radius 1 is 1.24 bits per heavy atom. The molecule has 1 aromatic heterocycles. The van der Waals surface area contributed by atoms with Gasteiger partial charge in [0.25, 0.3) is 0 Å². The van der Waals surface area contributed by atoms with Gasteiger partial charge in [0, 0.05) is 18.4 Å². The molecule has 0 aliphatic carbocycles. The normalized spacial score (nSPS) is 10.9. The van der Waals surface area contributed by atoms with E-state index in [-0.39, 0.29) is 0 Å². The van der Waals surface area contributed by atoms with Crippen molar-refractivity contribution in [2.45, 2.75) is 51.3 Å². The highest BCUT2D eigenvalue weighted by molar-refractivity contribution is 7.09. The quantitative estimate of drug-likeness (QED) is 0.466. The molecule has 1 aromatic rings. The molecule has 0 aromatic carbocycles. The van der Waals surface area contributed by atoms with E-state index < -0.39 is 0 Å². The van der Waals surface area contributed by atoms with Crippen LogP contribution in [-0.4, -0.2) is 18.2 Å². The third kappa shape index (κ3) is 7.02. The van der Waals surface area contributed by atoms with Crippen LogP contribution in [0.3, 0.4) is 0 Å². The van der Waals surface area contributed by atoms with Crippen molar-refractivity contribution in [1.82, 2.24) is 4.98 Å². The van der Waals surface area contributed by atoms with Crippen LogP contribution in [0.2, 0.25) is 0 Å². The monoisotopic (exact) mass is 275 g/mol. The summed E-state index contributed by atoms with van der Waals surface area (Å²) in [4.78, 5) is 4.39. The van der Waals surface area contributed by atoms with Crippen LogP contribution in [0.4, 0.5) is 0 Å². The van der Waals surface area contributed by atoms with E-state index in [1.165, 1.54) is 32.1 Å². The molecule has 0 aliphatic rings. The number of hydrogen-bond donors (Lipinski definition) is 0. The summed E-state index contributed by atoms with van der Waals surface area (Å²) in [6.45, 7) is 3.90. The van der Waals surface area contributed by atoms with E-state index in [0.717, 1.165) is 30.3 Å². The third-order valence-electron chi connectivity index (χ3n) is 2.59. The van der Waals surface area contributed by atoms with Crippen LogP contribution in [0.1, 0.15) is 49.7 Å². The molecule has 0 N–H and O–H groups in total. The zero-order valence-electron chi connectivity index (χ0n) is 10.6. The van der Waals surface area contributed by atoms with Gasteiger partial charge < -0.3 is 4.74 Å². The van der Waals surface area contributed by atoms with Crippen molar-refractivity contribution >= 4 is 22.9 Å². The van der Waals surface area contributed by atoms with E-state index in [0.29, 0.717) is 5.88 Å². The average Bonchev–Trinajstić information content (AvgIpc) is 2.80. The van der Waals surface area contributed by atoms with Gasteiger partial charge in [-0.25, -0.2) is 4.98 Å². The van der Waals surface area contributed by atoms with Crippen LogP contribution in [-0.2, 0) is 17.0 Å². The van der Waals surface area contributed by atoms with E-state index in [9.17, 15) is 0 Å². The maximum absolute atomic E-state index is 5.70. The van der Waals surface area contributed by atoms with Gasteiger partial charge in [-0.2, -0.15) is 0 Å². The SMILES string of the molecule is CCCCCCCOCCc1nc(CCl)cs1. The number of alkyl halides is 1. The lowest BCUT2D eigenvalue weighted by Crippen LogP contribution is -2.00. The standard InChI is InChI=1S/C13H22ClNOS/c1-2-3-4-5-6-8-16-9-7-13-15-12(10-14)11-17-13/h11H,2-10H2,1H3. The molecular weight excluding hydrogens is 254 g/mol. The Balaban J connectivity index is 1.93. The van der Waals surface area contributed by atoms with Crippen molar-refractivity contribution in [3.63, 3.8) is 0 Å². The van der Waals surface area contributed by atoms with Crippen LogP contribution in [0.15, 0.2) is 5.38 Å². The van der Waals surface area contributed by atoms with Crippen LogP contribution < -0.4 is 0 Å². The van der Waals surface area contributed by atoms with Crippen LogP contribution in [0.5, 0.6) is 0 Å².